The van der Waals surface area contributed by atoms with Crippen LogP contribution < -0.4 is 16.9 Å². The highest BCUT2D eigenvalue weighted by Gasteiger charge is 2.37. The third-order valence-corrected chi connectivity index (χ3v) is 5.85. The normalized spacial score (nSPS) is 14.6. The van der Waals surface area contributed by atoms with Crippen LogP contribution in [-0.4, -0.2) is 50.2 Å². The second-order valence-corrected chi connectivity index (χ2v) is 8.83. The molecule has 0 saturated carbocycles. The molecule has 3 aromatic rings. The molecule has 2 unspecified atom stereocenters. The van der Waals surface area contributed by atoms with E-state index in [0.717, 1.165) is 22.4 Å². The number of benzene rings is 2. The van der Waals surface area contributed by atoms with Crippen LogP contribution in [0.1, 0.15) is 25.2 Å². The summed E-state index contributed by atoms with van der Waals surface area (Å²) in [5.41, 5.74) is 17.3. The molecule has 0 bridgehead atoms. The number of nitrogens with one attached hydrogen (secondary N) is 1. The van der Waals surface area contributed by atoms with Crippen molar-refractivity contribution in [2.24, 2.45) is 18.5 Å². The van der Waals surface area contributed by atoms with Crippen molar-refractivity contribution >= 4 is 11.0 Å². The summed E-state index contributed by atoms with van der Waals surface area (Å²) in [7, 11) is 1.97. The highest BCUT2D eigenvalue weighted by atomic mass is 16.7. The second-order valence-electron chi connectivity index (χ2n) is 8.83. The van der Waals surface area contributed by atoms with E-state index in [9.17, 15) is 5.11 Å². The fraction of sp³-hybridized carbons (Fsp3) is 0.400. The fourth-order valence-electron chi connectivity index (χ4n) is 3.92. The van der Waals surface area contributed by atoms with E-state index in [2.05, 4.69) is 17.0 Å². The predicted molar refractivity (Wildman–Crippen MR) is 133 cm³/mol. The Bertz CT molecular complexity index is 1070. The summed E-state index contributed by atoms with van der Waals surface area (Å²) in [5, 5.41) is 10.7. The van der Waals surface area contributed by atoms with Gasteiger partial charge in [-0.25, -0.2) is 4.98 Å². The molecule has 0 amide bonds. The number of rotatable bonds is 13. The predicted octanol–water partition coefficient (Wildman–Crippen LogP) is 1.97. The molecule has 1 aromatic heterocycles. The lowest BCUT2D eigenvalue weighted by Crippen LogP contribution is -2.60. The molecule has 0 aliphatic heterocycles. The number of hydrogen-bond acceptors (Lipinski definition) is 8. The molecule has 3 rings (SSSR count). The SMILES string of the molecule is C=CN(CC(N)(O)OCc1ccccc1)C(CN)C(C)(C)ONCc1nc2ccccc2n1C. The lowest BCUT2D eigenvalue weighted by molar-refractivity contribution is -0.222. The van der Waals surface area contributed by atoms with Gasteiger partial charge in [0.05, 0.1) is 36.8 Å². The number of nitrogens with zero attached hydrogens (tertiary/aromatic N) is 3. The monoisotopic (exact) mass is 468 g/mol. The third kappa shape index (κ3) is 6.41. The summed E-state index contributed by atoms with van der Waals surface area (Å²) in [6, 6.07) is 17.1. The van der Waals surface area contributed by atoms with Crippen molar-refractivity contribution in [1.82, 2.24) is 19.9 Å². The van der Waals surface area contributed by atoms with Crippen LogP contribution in [0.2, 0.25) is 0 Å². The van der Waals surface area contributed by atoms with Crippen molar-refractivity contribution in [1.29, 1.82) is 0 Å². The topological polar surface area (TPSA) is 124 Å². The molecule has 2 aromatic carbocycles. The first kappa shape index (κ1) is 25.8. The number of imidazole rings is 1. The van der Waals surface area contributed by atoms with Crippen molar-refractivity contribution in [2.75, 3.05) is 13.1 Å². The molecule has 2 atom stereocenters. The lowest BCUT2D eigenvalue weighted by atomic mass is 9.97. The van der Waals surface area contributed by atoms with E-state index in [4.69, 9.17) is 21.0 Å². The van der Waals surface area contributed by atoms with Gasteiger partial charge < -0.3 is 25.0 Å². The van der Waals surface area contributed by atoms with E-state index in [1.165, 1.54) is 0 Å². The molecule has 0 aliphatic carbocycles. The molecule has 0 fully saturated rings. The average Bonchev–Trinajstić information content (AvgIpc) is 3.13. The highest BCUT2D eigenvalue weighted by Crippen LogP contribution is 2.22. The van der Waals surface area contributed by atoms with Gasteiger partial charge in [0.2, 0.25) is 5.91 Å². The van der Waals surface area contributed by atoms with Gasteiger partial charge in [-0.2, -0.15) is 5.48 Å². The largest absolute Gasteiger partial charge is 0.364 e. The number of ether oxygens (including phenoxy) is 1. The van der Waals surface area contributed by atoms with E-state index in [-0.39, 0.29) is 25.7 Å². The minimum atomic E-state index is -1.91. The molecule has 9 nitrogen and oxygen atoms in total. The minimum Gasteiger partial charge on any atom is -0.364 e. The molecule has 34 heavy (non-hydrogen) atoms. The number of hydroxylamine groups is 1. The summed E-state index contributed by atoms with van der Waals surface area (Å²) < 4.78 is 7.59. The number of para-hydroxylation sites is 2. The maximum atomic E-state index is 10.7. The Morgan fingerprint density at radius 1 is 1.21 bits per heavy atom. The Morgan fingerprint density at radius 2 is 1.88 bits per heavy atom. The van der Waals surface area contributed by atoms with E-state index in [0.29, 0.717) is 6.54 Å². The number of nitrogens with two attached hydrogens (primary N) is 2. The first-order valence-corrected chi connectivity index (χ1v) is 11.3. The van der Waals surface area contributed by atoms with Gasteiger partial charge in [-0.15, -0.1) is 0 Å². The van der Waals surface area contributed by atoms with Crippen molar-refractivity contribution < 1.29 is 14.7 Å². The summed E-state index contributed by atoms with van der Waals surface area (Å²) >= 11 is 0. The molecule has 0 saturated heterocycles. The van der Waals surface area contributed by atoms with Crippen molar-refractivity contribution in [3.8, 4) is 0 Å². The Labute approximate surface area is 200 Å². The van der Waals surface area contributed by atoms with Gasteiger partial charge in [0.25, 0.3) is 0 Å². The van der Waals surface area contributed by atoms with Crippen LogP contribution >= 0.6 is 0 Å². The lowest BCUT2D eigenvalue weighted by Gasteiger charge is -2.42. The molecule has 0 spiro atoms. The summed E-state index contributed by atoms with van der Waals surface area (Å²) in [5.74, 6) is -1.07. The molecule has 9 heteroatoms. The zero-order valence-electron chi connectivity index (χ0n) is 20.1. The van der Waals surface area contributed by atoms with Gasteiger partial charge in [0.15, 0.2) is 0 Å². The van der Waals surface area contributed by atoms with Gasteiger partial charge in [0.1, 0.15) is 11.4 Å². The van der Waals surface area contributed by atoms with Gasteiger partial charge in [0, 0.05) is 13.6 Å². The zero-order valence-corrected chi connectivity index (χ0v) is 20.1. The van der Waals surface area contributed by atoms with Crippen molar-refractivity contribution in [2.45, 2.75) is 44.6 Å². The molecular formula is C25H36N6O3. The number of aliphatic hydroxyl groups is 1. The standard InChI is InChI=1S/C25H36N6O3/c1-5-31(18-25(27,32)33-17-19-11-7-6-8-12-19)22(15-26)24(2,3)34-28-16-23-29-20-13-9-10-14-21(20)30(23)4/h5-14,22,28,32H,1,15-18,26-27H2,2-4H3. The first-order valence-electron chi connectivity index (χ1n) is 11.3. The van der Waals surface area contributed by atoms with Gasteiger partial charge in [-0.05, 0) is 37.7 Å². The maximum absolute atomic E-state index is 10.7. The number of fused-ring (bicyclic) bond motifs is 1. The molecule has 184 valence electrons. The number of aromatic nitrogens is 2. The van der Waals surface area contributed by atoms with Crippen LogP contribution in [0.4, 0.5) is 0 Å². The molecule has 6 N–H and O–H groups in total. The van der Waals surface area contributed by atoms with Crippen LogP contribution in [0.15, 0.2) is 67.4 Å². The number of hydrogen-bond donors (Lipinski definition) is 4. The van der Waals surface area contributed by atoms with E-state index >= 15 is 0 Å². The highest BCUT2D eigenvalue weighted by molar-refractivity contribution is 5.75. The van der Waals surface area contributed by atoms with Crippen LogP contribution in [-0.2, 0) is 29.8 Å². The van der Waals surface area contributed by atoms with Crippen LogP contribution in [0, 0.1) is 0 Å². The zero-order chi connectivity index (χ0) is 24.8. The molecule has 0 radical (unpaired) electrons. The second kappa shape index (κ2) is 11.1. The average molecular weight is 469 g/mol. The van der Waals surface area contributed by atoms with Gasteiger partial charge in [-0.3, -0.25) is 10.6 Å². The molecule has 0 aliphatic rings. The quantitative estimate of drug-likeness (QED) is 0.222. The van der Waals surface area contributed by atoms with E-state index in [1.54, 1.807) is 11.1 Å². The first-order chi connectivity index (χ1) is 16.2. The number of aryl methyl sites for hydroxylation is 1. The van der Waals surface area contributed by atoms with Crippen LogP contribution in [0.25, 0.3) is 11.0 Å². The van der Waals surface area contributed by atoms with Crippen LogP contribution in [0.5, 0.6) is 0 Å². The Balaban J connectivity index is 1.60. The van der Waals surface area contributed by atoms with Gasteiger partial charge in [-0.1, -0.05) is 49.0 Å². The minimum absolute atomic E-state index is 0.0389. The fourth-order valence-corrected chi connectivity index (χ4v) is 3.92. The summed E-state index contributed by atoms with van der Waals surface area (Å²) in [4.78, 5) is 12.4. The van der Waals surface area contributed by atoms with Crippen molar-refractivity contribution in [3.05, 3.63) is 78.8 Å². The summed E-state index contributed by atoms with van der Waals surface area (Å²) in [6.07, 6.45) is 1.58. The Hall–Kier alpha value is -2.79. The smallest absolute Gasteiger partial charge is 0.241 e. The molecule has 1 heterocycles. The van der Waals surface area contributed by atoms with Gasteiger partial charge >= 0.3 is 0 Å². The van der Waals surface area contributed by atoms with Crippen molar-refractivity contribution in [3.63, 3.8) is 0 Å². The maximum Gasteiger partial charge on any atom is 0.241 e. The Kier molecular flexibility index (Phi) is 8.42. The van der Waals surface area contributed by atoms with Crippen LogP contribution in [0.3, 0.4) is 0 Å². The Morgan fingerprint density at radius 3 is 2.53 bits per heavy atom. The summed E-state index contributed by atoms with van der Waals surface area (Å²) in [6.45, 7) is 8.46. The molecular weight excluding hydrogens is 432 g/mol. The van der Waals surface area contributed by atoms with E-state index in [1.807, 2.05) is 80.1 Å². The third-order valence-electron chi connectivity index (χ3n) is 5.85. The van der Waals surface area contributed by atoms with E-state index < -0.39 is 11.5 Å².